The summed E-state index contributed by atoms with van der Waals surface area (Å²) >= 11 is 0. The van der Waals surface area contributed by atoms with E-state index in [2.05, 4.69) is 114 Å². The van der Waals surface area contributed by atoms with E-state index in [0.717, 1.165) is 6.42 Å². The first-order valence-electron chi connectivity index (χ1n) is 10.2. The number of hydrogen-bond donors (Lipinski definition) is 0. The molecule has 1 atom stereocenters. The molecule has 1 heteroatoms. The third-order valence-corrected chi connectivity index (χ3v) is 6.11. The van der Waals surface area contributed by atoms with Crippen molar-refractivity contribution in [2.45, 2.75) is 12.3 Å². The lowest BCUT2D eigenvalue weighted by Crippen LogP contribution is -2.32. The molecule has 0 saturated carbocycles. The predicted molar refractivity (Wildman–Crippen MR) is 123 cm³/mol. The Balaban J connectivity index is 1.75. The Kier molecular flexibility index (Phi) is 3.67. The zero-order valence-corrected chi connectivity index (χ0v) is 16.1. The van der Waals surface area contributed by atoms with Gasteiger partial charge in [0.05, 0.1) is 10.9 Å². The van der Waals surface area contributed by atoms with E-state index in [1.807, 2.05) is 0 Å². The first-order valence-corrected chi connectivity index (χ1v) is 10.2. The Morgan fingerprint density at radius 1 is 0.690 bits per heavy atom. The second-order valence-electron chi connectivity index (χ2n) is 7.77. The molecule has 0 spiro atoms. The third kappa shape index (κ3) is 2.55. The van der Waals surface area contributed by atoms with Crippen LogP contribution >= 0.6 is 0 Å². The molecule has 0 radical (unpaired) electrons. The monoisotopic (exact) mass is 371 g/mol. The standard InChI is InChI=1S/C28H21N/c1-3-9-20(10-4-1)22-15-17-25-27(19-22)29(23-12-5-2-6-13-23)26-18-16-21-11-7-8-14-24(21)28(25)26/h1-14,16-19,22H,15H2. The van der Waals surface area contributed by atoms with Gasteiger partial charge >= 0.3 is 0 Å². The molecule has 4 aromatic carbocycles. The van der Waals surface area contributed by atoms with E-state index in [0.29, 0.717) is 5.92 Å². The summed E-state index contributed by atoms with van der Waals surface area (Å²) in [7, 11) is 0. The summed E-state index contributed by atoms with van der Waals surface area (Å²) < 4.78 is 2.43. The van der Waals surface area contributed by atoms with Crippen LogP contribution in [-0.2, 0) is 0 Å². The largest absolute Gasteiger partial charge is 0.310 e. The zero-order chi connectivity index (χ0) is 19.2. The van der Waals surface area contributed by atoms with Crippen molar-refractivity contribution in [3.05, 3.63) is 113 Å². The highest BCUT2D eigenvalue weighted by Gasteiger charge is 2.17. The molecule has 1 heterocycles. The van der Waals surface area contributed by atoms with Gasteiger partial charge in [-0.3, -0.25) is 0 Å². The molecule has 0 aliphatic heterocycles. The molecule has 0 fully saturated rings. The van der Waals surface area contributed by atoms with Gasteiger partial charge in [0, 0.05) is 22.2 Å². The molecule has 0 bridgehead atoms. The molecule has 29 heavy (non-hydrogen) atoms. The molecule has 138 valence electrons. The number of nitrogens with zero attached hydrogens (tertiary/aromatic N) is 1. The van der Waals surface area contributed by atoms with Crippen LogP contribution in [0.4, 0.5) is 0 Å². The van der Waals surface area contributed by atoms with Gasteiger partial charge in [-0.25, -0.2) is 0 Å². The van der Waals surface area contributed by atoms with E-state index in [4.69, 9.17) is 0 Å². The Hall–Kier alpha value is -3.58. The van der Waals surface area contributed by atoms with E-state index in [-0.39, 0.29) is 0 Å². The molecular formula is C28H21N. The van der Waals surface area contributed by atoms with Crippen LogP contribution in [0.5, 0.6) is 0 Å². The fourth-order valence-electron chi connectivity index (χ4n) is 4.77. The molecule has 5 aromatic rings. The maximum absolute atomic E-state index is 2.46. The molecule has 6 rings (SSSR count). The Morgan fingerprint density at radius 3 is 2.24 bits per heavy atom. The molecule has 0 saturated heterocycles. The average Bonchev–Trinajstić information content (AvgIpc) is 3.14. The number of hydrogen-bond acceptors (Lipinski definition) is 0. The summed E-state index contributed by atoms with van der Waals surface area (Å²) in [6.07, 6.45) is 5.95. The SMILES string of the molecule is C1=c2c(n(-c3ccccc3)c3ccc4ccccc4c23)=CC(c2ccccc2)C1. The van der Waals surface area contributed by atoms with Crippen LogP contribution < -0.4 is 10.6 Å². The molecule has 1 aromatic heterocycles. The van der Waals surface area contributed by atoms with Crippen LogP contribution in [0.15, 0.2) is 97.1 Å². The van der Waals surface area contributed by atoms with Gasteiger partial charge in [-0.2, -0.15) is 0 Å². The van der Waals surface area contributed by atoms with E-state index in [1.165, 1.54) is 43.5 Å². The van der Waals surface area contributed by atoms with Gasteiger partial charge < -0.3 is 4.57 Å². The molecule has 1 aliphatic rings. The molecule has 0 amide bonds. The van der Waals surface area contributed by atoms with Crippen LogP contribution in [0.25, 0.3) is 39.5 Å². The number of para-hydroxylation sites is 1. The van der Waals surface area contributed by atoms with E-state index in [9.17, 15) is 0 Å². The van der Waals surface area contributed by atoms with E-state index in [1.54, 1.807) is 0 Å². The highest BCUT2D eigenvalue weighted by atomic mass is 15.0. The normalized spacial score (nSPS) is 15.7. The molecule has 1 aliphatic carbocycles. The Bertz CT molecular complexity index is 1460. The van der Waals surface area contributed by atoms with Crippen LogP contribution in [0, 0.1) is 0 Å². The van der Waals surface area contributed by atoms with Gasteiger partial charge in [-0.05, 0) is 41.0 Å². The summed E-state index contributed by atoms with van der Waals surface area (Å²) in [6.45, 7) is 0. The maximum Gasteiger partial charge on any atom is 0.0547 e. The lowest BCUT2D eigenvalue weighted by Gasteiger charge is -2.15. The van der Waals surface area contributed by atoms with Gasteiger partial charge in [-0.15, -0.1) is 0 Å². The number of fused-ring (bicyclic) bond motifs is 5. The fourth-order valence-corrected chi connectivity index (χ4v) is 4.77. The molecule has 1 nitrogen and oxygen atoms in total. The second-order valence-corrected chi connectivity index (χ2v) is 7.77. The minimum Gasteiger partial charge on any atom is -0.310 e. The quantitative estimate of drug-likeness (QED) is 0.384. The number of benzene rings is 4. The lowest BCUT2D eigenvalue weighted by atomic mass is 9.91. The Morgan fingerprint density at radius 2 is 1.41 bits per heavy atom. The lowest BCUT2D eigenvalue weighted by molar-refractivity contribution is 0.904. The highest BCUT2D eigenvalue weighted by Crippen LogP contribution is 2.28. The summed E-state index contributed by atoms with van der Waals surface area (Å²) in [5, 5.41) is 6.67. The number of aromatic nitrogens is 1. The van der Waals surface area contributed by atoms with Gasteiger partial charge in [0.15, 0.2) is 0 Å². The maximum atomic E-state index is 2.46. The van der Waals surface area contributed by atoms with Crippen molar-refractivity contribution >= 4 is 33.8 Å². The Labute approximate surface area is 169 Å². The molecule has 1 unspecified atom stereocenters. The fraction of sp³-hybridized carbons (Fsp3) is 0.0714. The van der Waals surface area contributed by atoms with E-state index < -0.39 is 0 Å². The van der Waals surface area contributed by atoms with Gasteiger partial charge in [0.25, 0.3) is 0 Å². The van der Waals surface area contributed by atoms with Crippen LogP contribution in [-0.4, -0.2) is 4.57 Å². The topological polar surface area (TPSA) is 4.93 Å². The van der Waals surface area contributed by atoms with Crippen molar-refractivity contribution in [1.82, 2.24) is 4.57 Å². The first-order chi connectivity index (χ1) is 14.4. The summed E-state index contributed by atoms with van der Waals surface area (Å²) in [5.74, 6) is 0.404. The van der Waals surface area contributed by atoms with Crippen LogP contribution in [0.3, 0.4) is 0 Å². The molecular weight excluding hydrogens is 350 g/mol. The molecule has 0 N–H and O–H groups in total. The summed E-state index contributed by atoms with van der Waals surface area (Å²) in [5.41, 5.74) is 3.87. The number of rotatable bonds is 2. The minimum absolute atomic E-state index is 0.404. The van der Waals surface area contributed by atoms with Crippen molar-refractivity contribution in [2.24, 2.45) is 0 Å². The average molecular weight is 371 g/mol. The first kappa shape index (κ1) is 16.4. The van der Waals surface area contributed by atoms with Crippen molar-refractivity contribution in [3.8, 4) is 5.69 Å². The van der Waals surface area contributed by atoms with Gasteiger partial charge in [0.1, 0.15) is 0 Å². The van der Waals surface area contributed by atoms with Crippen molar-refractivity contribution in [3.63, 3.8) is 0 Å². The summed E-state index contributed by atoms with van der Waals surface area (Å²) in [6, 6.07) is 34.8. The smallest absolute Gasteiger partial charge is 0.0547 e. The van der Waals surface area contributed by atoms with Crippen molar-refractivity contribution in [2.75, 3.05) is 0 Å². The van der Waals surface area contributed by atoms with Crippen LogP contribution in [0.1, 0.15) is 17.9 Å². The summed E-state index contributed by atoms with van der Waals surface area (Å²) in [4.78, 5) is 0. The van der Waals surface area contributed by atoms with Crippen LogP contribution in [0.2, 0.25) is 0 Å². The third-order valence-electron chi connectivity index (χ3n) is 6.11. The second kappa shape index (κ2) is 6.49. The minimum atomic E-state index is 0.404. The van der Waals surface area contributed by atoms with Crippen molar-refractivity contribution < 1.29 is 0 Å². The predicted octanol–water partition coefficient (Wildman–Crippen LogP) is 5.53. The van der Waals surface area contributed by atoms with Gasteiger partial charge in [-0.1, -0.05) is 91.0 Å². The zero-order valence-electron chi connectivity index (χ0n) is 16.1. The van der Waals surface area contributed by atoms with E-state index >= 15 is 0 Å². The van der Waals surface area contributed by atoms with Crippen molar-refractivity contribution in [1.29, 1.82) is 0 Å². The van der Waals surface area contributed by atoms with Gasteiger partial charge in [0.2, 0.25) is 0 Å². The highest BCUT2D eigenvalue weighted by molar-refractivity contribution is 6.07.